The smallest absolute Gasteiger partial charge is 0.243 e. The van der Waals surface area contributed by atoms with Gasteiger partial charge in [-0.05, 0) is 18.1 Å². The number of hydrogen-bond donors (Lipinski definition) is 3. The first-order chi connectivity index (χ1) is 11.6. The quantitative estimate of drug-likeness (QED) is 0.353. The highest BCUT2D eigenvalue weighted by atomic mass is 127. The third-order valence-electron chi connectivity index (χ3n) is 3.30. The molecule has 0 aliphatic rings. The maximum absolute atomic E-state index is 11.9. The minimum Gasteiger partial charge on any atom is -0.359 e. The van der Waals surface area contributed by atoms with Gasteiger partial charge in [0.2, 0.25) is 5.91 Å². The van der Waals surface area contributed by atoms with Crippen molar-refractivity contribution >= 4 is 41.5 Å². The number of rotatable bonds is 6. The molecular formula is C17H24IN5O2. The largest absolute Gasteiger partial charge is 0.359 e. The zero-order valence-electron chi connectivity index (χ0n) is 14.6. The molecule has 0 fully saturated rings. The van der Waals surface area contributed by atoms with E-state index in [0.29, 0.717) is 18.4 Å². The van der Waals surface area contributed by atoms with Crippen molar-refractivity contribution < 1.29 is 9.32 Å². The van der Waals surface area contributed by atoms with Crippen LogP contribution in [0.5, 0.6) is 0 Å². The zero-order chi connectivity index (χ0) is 17.4. The molecule has 25 heavy (non-hydrogen) atoms. The molecule has 0 unspecified atom stereocenters. The van der Waals surface area contributed by atoms with Crippen molar-refractivity contribution in [2.45, 2.75) is 26.3 Å². The number of anilines is 1. The van der Waals surface area contributed by atoms with Gasteiger partial charge in [0, 0.05) is 18.8 Å². The number of hydrogen-bond acceptors (Lipinski definition) is 4. The number of halogens is 1. The summed E-state index contributed by atoms with van der Waals surface area (Å²) in [5.41, 5.74) is 1.67. The van der Waals surface area contributed by atoms with Gasteiger partial charge in [-0.2, -0.15) is 0 Å². The summed E-state index contributed by atoms with van der Waals surface area (Å²) in [5, 5.41) is 12.8. The Balaban J connectivity index is 0.00000312. The van der Waals surface area contributed by atoms with Gasteiger partial charge in [0.15, 0.2) is 11.7 Å². The van der Waals surface area contributed by atoms with Crippen LogP contribution in [0, 0.1) is 0 Å². The van der Waals surface area contributed by atoms with Crippen LogP contribution in [-0.4, -0.2) is 30.6 Å². The van der Waals surface area contributed by atoms with E-state index in [1.165, 1.54) is 0 Å². The van der Waals surface area contributed by atoms with E-state index in [-0.39, 0.29) is 36.4 Å². The summed E-state index contributed by atoms with van der Waals surface area (Å²) in [7, 11) is 1.64. The number of benzene rings is 1. The lowest BCUT2D eigenvalue weighted by molar-refractivity contribution is -0.115. The normalized spacial score (nSPS) is 11.0. The highest BCUT2D eigenvalue weighted by Gasteiger charge is 2.09. The molecule has 0 bridgehead atoms. The second-order valence-electron chi connectivity index (χ2n) is 5.57. The van der Waals surface area contributed by atoms with Gasteiger partial charge in [0.05, 0.1) is 18.8 Å². The van der Waals surface area contributed by atoms with E-state index >= 15 is 0 Å². The molecule has 0 radical (unpaired) electrons. The number of para-hydroxylation sites is 1. The number of carbonyl (C=O) groups excluding carboxylic acids is 1. The molecule has 0 atom stereocenters. The summed E-state index contributed by atoms with van der Waals surface area (Å²) in [6.07, 6.45) is 0. The number of nitrogens with zero attached hydrogens (tertiary/aromatic N) is 2. The van der Waals surface area contributed by atoms with Gasteiger partial charge in [0.25, 0.3) is 0 Å². The summed E-state index contributed by atoms with van der Waals surface area (Å²) < 4.78 is 5.25. The minimum absolute atomic E-state index is 0. The zero-order valence-corrected chi connectivity index (χ0v) is 16.9. The fourth-order valence-corrected chi connectivity index (χ4v) is 1.97. The Morgan fingerprint density at radius 1 is 1.24 bits per heavy atom. The fraction of sp³-hybridized carbons (Fsp3) is 0.353. The SMILES string of the molecule is CN=C(NCC(=O)Nc1ccccc1)NCc1cc(C(C)C)no1.I. The highest BCUT2D eigenvalue weighted by molar-refractivity contribution is 14.0. The van der Waals surface area contributed by atoms with Crippen molar-refractivity contribution in [2.24, 2.45) is 4.99 Å². The van der Waals surface area contributed by atoms with Crippen LogP contribution in [0.15, 0.2) is 45.9 Å². The predicted octanol–water partition coefficient (Wildman–Crippen LogP) is 2.72. The molecule has 1 amide bonds. The van der Waals surface area contributed by atoms with Gasteiger partial charge >= 0.3 is 0 Å². The van der Waals surface area contributed by atoms with E-state index in [2.05, 4.69) is 39.9 Å². The summed E-state index contributed by atoms with van der Waals surface area (Å²) in [4.78, 5) is 16.0. The van der Waals surface area contributed by atoms with E-state index in [1.807, 2.05) is 36.4 Å². The minimum atomic E-state index is -0.147. The van der Waals surface area contributed by atoms with Crippen molar-refractivity contribution in [1.82, 2.24) is 15.8 Å². The van der Waals surface area contributed by atoms with Gasteiger partial charge < -0.3 is 20.5 Å². The first kappa shape index (κ1) is 20.9. The number of guanidine groups is 1. The fourth-order valence-electron chi connectivity index (χ4n) is 1.97. The molecule has 1 heterocycles. The Labute approximate surface area is 164 Å². The molecule has 2 aromatic rings. The lowest BCUT2D eigenvalue weighted by Gasteiger charge is -2.11. The predicted molar refractivity (Wildman–Crippen MR) is 109 cm³/mol. The molecule has 2 rings (SSSR count). The van der Waals surface area contributed by atoms with E-state index < -0.39 is 0 Å². The Morgan fingerprint density at radius 3 is 2.56 bits per heavy atom. The average molecular weight is 457 g/mol. The molecule has 1 aromatic carbocycles. The maximum Gasteiger partial charge on any atom is 0.243 e. The van der Waals surface area contributed by atoms with Gasteiger partial charge in [-0.3, -0.25) is 9.79 Å². The Hall–Kier alpha value is -2.10. The summed E-state index contributed by atoms with van der Waals surface area (Å²) in [6.45, 7) is 4.67. The first-order valence-electron chi connectivity index (χ1n) is 7.83. The van der Waals surface area contributed by atoms with Crippen LogP contribution >= 0.6 is 24.0 Å². The Bertz CT molecular complexity index is 685. The number of nitrogens with one attached hydrogen (secondary N) is 3. The van der Waals surface area contributed by atoms with E-state index in [0.717, 1.165) is 17.1 Å². The third kappa shape index (κ3) is 7.12. The molecular weight excluding hydrogens is 433 g/mol. The molecule has 0 aliphatic heterocycles. The molecule has 1 aromatic heterocycles. The summed E-state index contributed by atoms with van der Waals surface area (Å²) >= 11 is 0. The lowest BCUT2D eigenvalue weighted by Crippen LogP contribution is -2.41. The van der Waals surface area contributed by atoms with Crippen molar-refractivity contribution in [2.75, 3.05) is 18.9 Å². The second-order valence-corrected chi connectivity index (χ2v) is 5.57. The third-order valence-corrected chi connectivity index (χ3v) is 3.30. The van der Waals surface area contributed by atoms with Gasteiger partial charge in [-0.15, -0.1) is 24.0 Å². The average Bonchev–Trinajstić information content (AvgIpc) is 3.05. The van der Waals surface area contributed by atoms with Crippen LogP contribution in [-0.2, 0) is 11.3 Å². The standard InChI is InChI=1S/C17H23N5O2.HI/c1-12(2)15-9-14(24-22-15)10-19-17(18-3)20-11-16(23)21-13-7-5-4-6-8-13;/h4-9,12H,10-11H2,1-3H3,(H,21,23)(H2,18,19,20);1H. The van der Waals surface area contributed by atoms with Gasteiger partial charge in [0.1, 0.15) is 0 Å². The number of carbonyl (C=O) groups is 1. The van der Waals surface area contributed by atoms with E-state index in [1.54, 1.807) is 7.05 Å². The van der Waals surface area contributed by atoms with Gasteiger partial charge in [-0.25, -0.2) is 0 Å². The van der Waals surface area contributed by atoms with E-state index in [9.17, 15) is 4.79 Å². The van der Waals surface area contributed by atoms with E-state index in [4.69, 9.17) is 4.52 Å². The molecule has 8 heteroatoms. The van der Waals surface area contributed by atoms with Crippen LogP contribution in [0.1, 0.15) is 31.2 Å². The van der Waals surface area contributed by atoms with Crippen LogP contribution in [0.3, 0.4) is 0 Å². The lowest BCUT2D eigenvalue weighted by atomic mass is 10.1. The number of amides is 1. The second kappa shape index (κ2) is 10.7. The van der Waals surface area contributed by atoms with Crippen LogP contribution < -0.4 is 16.0 Å². The molecule has 0 saturated heterocycles. The van der Waals surface area contributed by atoms with Gasteiger partial charge in [-0.1, -0.05) is 37.2 Å². The van der Waals surface area contributed by atoms with Crippen molar-refractivity contribution in [1.29, 1.82) is 0 Å². The number of aromatic nitrogens is 1. The molecule has 136 valence electrons. The topological polar surface area (TPSA) is 91.5 Å². The van der Waals surface area contributed by atoms with Crippen LogP contribution in [0.2, 0.25) is 0 Å². The molecule has 7 nitrogen and oxygen atoms in total. The Morgan fingerprint density at radius 2 is 1.96 bits per heavy atom. The van der Waals surface area contributed by atoms with Crippen molar-refractivity contribution in [3.8, 4) is 0 Å². The summed E-state index contributed by atoms with van der Waals surface area (Å²) in [5.74, 6) is 1.41. The van der Waals surface area contributed by atoms with Crippen LogP contribution in [0.4, 0.5) is 5.69 Å². The van der Waals surface area contributed by atoms with Crippen molar-refractivity contribution in [3.05, 3.63) is 47.9 Å². The first-order valence-corrected chi connectivity index (χ1v) is 7.83. The Kier molecular flexibility index (Phi) is 8.96. The maximum atomic E-state index is 11.9. The molecule has 3 N–H and O–H groups in total. The molecule has 0 saturated carbocycles. The highest BCUT2D eigenvalue weighted by Crippen LogP contribution is 2.13. The number of aliphatic imine (C=N–C) groups is 1. The van der Waals surface area contributed by atoms with Crippen molar-refractivity contribution in [3.63, 3.8) is 0 Å². The van der Waals surface area contributed by atoms with Crippen LogP contribution in [0.25, 0.3) is 0 Å². The summed E-state index contributed by atoms with van der Waals surface area (Å²) in [6, 6.07) is 11.2. The molecule has 0 spiro atoms. The monoisotopic (exact) mass is 457 g/mol. The molecule has 0 aliphatic carbocycles.